The van der Waals surface area contributed by atoms with E-state index in [0.717, 1.165) is 12.1 Å². The zero-order valence-electron chi connectivity index (χ0n) is 14.8. The van der Waals surface area contributed by atoms with Crippen LogP contribution in [0.4, 0.5) is 10.1 Å². The van der Waals surface area contributed by atoms with E-state index in [4.69, 9.17) is 0 Å². The number of carbonyl (C=O) groups is 1. The number of nitrogens with one attached hydrogen (secondary N) is 2. The van der Waals surface area contributed by atoms with Crippen LogP contribution >= 0.6 is 35.9 Å². The lowest BCUT2D eigenvalue weighted by Gasteiger charge is -2.21. The standard InChI is InChI=1S/C20H21FN2OS2.ClH/c21-18-16-8-9-22-12-15(16)6-7-17(18)23-19(24)13-2-4-14(5-3-13)20-25-10-1-11-26-20;/h2-7,20,22H,1,8-12H2,(H,23,24);1H. The average molecular weight is 425 g/mol. The van der Waals surface area contributed by atoms with Gasteiger partial charge in [0.25, 0.3) is 5.91 Å². The van der Waals surface area contributed by atoms with Gasteiger partial charge >= 0.3 is 0 Å². The van der Waals surface area contributed by atoms with Crippen molar-refractivity contribution in [3.63, 3.8) is 0 Å². The van der Waals surface area contributed by atoms with Crippen molar-refractivity contribution in [1.82, 2.24) is 5.32 Å². The average Bonchev–Trinajstić information content (AvgIpc) is 2.71. The van der Waals surface area contributed by atoms with Crippen LogP contribution in [-0.4, -0.2) is 24.0 Å². The number of fused-ring (bicyclic) bond motifs is 1. The molecule has 1 fully saturated rings. The molecule has 0 unspecified atom stereocenters. The smallest absolute Gasteiger partial charge is 0.255 e. The molecule has 7 heteroatoms. The molecule has 3 nitrogen and oxygen atoms in total. The van der Waals surface area contributed by atoms with E-state index in [0.29, 0.717) is 28.7 Å². The number of rotatable bonds is 3. The molecule has 4 rings (SSSR count). The fourth-order valence-corrected chi connectivity index (χ4v) is 6.19. The molecule has 0 atom stereocenters. The van der Waals surface area contributed by atoms with Crippen LogP contribution < -0.4 is 10.6 Å². The van der Waals surface area contributed by atoms with Crippen LogP contribution in [0, 0.1) is 5.82 Å². The van der Waals surface area contributed by atoms with Crippen molar-refractivity contribution >= 4 is 47.5 Å². The maximum Gasteiger partial charge on any atom is 0.255 e. The van der Waals surface area contributed by atoms with Crippen molar-refractivity contribution in [2.75, 3.05) is 23.4 Å². The van der Waals surface area contributed by atoms with Gasteiger partial charge in [0.15, 0.2) is 0 Å². The van der Waals surface area contributed by atoms with Crippen LogP contribution in [0.3, 0.4) is 0 Å². The van der Waals surface area contributed by atoms with Gasteiger partial charge in [-0.25, -0.2) is 4.39 Å². The number of hydrogen-bond acceptors (Lipinski definition) is 4. The van der Waals surface area contributed by atoms with Crippen LogP contribution in [0.15, 0.2) is 36.4 Å². The van der Waals surface area contributed by atoms with Gasteiger partial charge in [0, 0.05) is 12.1 Å². The molecule has 0 bridgehead atoms. The summed E-state index contributed by atoms with van der Waals surface area (Å²) in [6, 6.07) is 11.2. The summed E-state index contributed by atoms with van der Waals surface area (Å²) < 4.78 is 15.1. The van der Waals surface area contributed by atoms with Crippen molar-refractivity contribution in [3.05, 3.63) is 64.5 Å². The van der Waals surface area contributed by atoms with Crippen molar-refractivity contribution in [2.45, 2.75) is 24.0 Å². The Kier molecular flexibility index (Phi) is 7.09. The molecule has 2 aromatic carbocycles. The van der Waals surface area contributed by atoms with Crippen LogP contribution in [0.5, 0.6) is 0 Å². The molecule has 0 saturated carbocycles. The summed E-state index contributed by atoms with van der Waals surface area (Å²) in [7, 11) is 0. The molecule has 1 saturated heterocycles. The molecular weight excluding hydrogens is 403 g/mol. The predicted octanol–water partition coefficient (Wildman–Crippen LogP) is 5.01. The van der Waals surface area contributed by atoms with Gasteiger partial charge in [-0.05, 0) is 65.8 Å². The van der Waals surface area contributed by atoms with Crippen molar-refractivity contribution in [2.24, 2.45) is 0 Å². The van der Waals surface area contributed by atoms with E-state index in [1.807, 2.05) is 53.9 Å². The molecule has 0 aliphatic carbocycles. The number of benzene rings is 2. The number of anilines is 1. The van der Waals surface area contributed by atoms with E-state index in [2.05, 4.69) is 10.6 Å². The molecule has 2 aromatic rings. The van der Waals surface area contributed by atoms with Gasteiger partial charge in [0.2, 0.25) is 0 Å². The molecular formula is C20H22ClFN2OS2. The Morgan fingerprint density at radius 2 is 1.85 bits per heavy atom. The predicted molar refractivity (Wildman–Crippen MR) is 116 cm³/mol. The summed E-state index contributed by atoms with van der Waals surface area (Å²) in [6.45, 7) is 1.44. The van der Waals surface area contributed by atoms with Crippen molar-refractivity contribution < 1.29 is 9.18 Å². The minimum absolute atomic E-state index is 0. The van der Waals surface area contributed by atoms with Crippen molar-refractivity contribution in [3.8, 4) is 0 Å². The number of halogens is 2. The van der Waals surface area contributed by atoms with Crippen LogP contribution in [0.25, 0.3) is 0 Å². The van der Waals surface area contributed by atoms with Crippen LogP contribution in [0.2, 0.25) is 0 Å². The monoisotopic (exact) mass is 424 g/mol. The second-order valence-corrected chi connectivity index (χ2v) is 9.22. The zero-order valence-corrected chi connectivity index (χ0v) is 17.2. The first-order valence-electron chi connectivity index (χ1n) is 8.88. The van der Waals surface area contributed by atoms with Gasteiger partial charge in [-0.2, -0.15) is 0 Å². The van der Waals surface area contributed by atoms with Gasteiger partial charge in [0.05, 0.1) is 10.3 Å². The highest BCUT2D eigenvalue weighted by atomic mass is 35.5. The molecule has 2 N–H and O–H groups in total. The summed E-state index contributed by atoms with van der Waals surface area (Å²) >= 11 is 3.91. The second kappa shape index (κ2) is 9.32. The van der Waals surface area contributed by atoms with Gasteiger partial charge in [-0.1, -0.05) is 18.2 Å². The second-order valence-electron chi connectivity index (χ2n) is 6.49. The van der Waals surface area contributed by atoms with E-state index in [1.54, 1.807) is 6.07 Å². The highest BCUT2D eigenvalue weighted by Gasteiger charge is 2.19. The summed E-state index contributed by atoms with van der Waals surface area (Å²) in [5.41, 5.74) is 3.74. The minimum atomic E-state index is -0.302. The first-order chi connectivity index (χ1) is 12.7. The van der Waals surface area contributed by atoms with E-state index in [-0.39, 0.29) is 29.8 Å². The maximum atomic E-state index is 14.7. The molecule has 0 spiro atoms. The Bertz CT molecular complexity index is 810. The zero-order chi connectivity index (χ0) is 17.9. The highest BCUT2D eigenvalue weighted by Crippen LogP contribution is 2.43. The van der Waals surface area contributed by atoms with E-state index in [1.165, 1.54) is 23.5 Å². The van der Waals surface area contributed by atoms with Crippen molar-refractivity contribution in [1.29, 1.82) is 0 Å². The van der Waals surface area contributed by atoms with Gasteiger partial charge in [-0.3, -0.25) is 4.79 Å². The number of carbonyl (C=O) groups excluding carboxylic acids is 1. The lowest BCUT2D eigenvalue weighted by Crippen LogP contribution is -2.25. The van der Waals surface area contributed by atoms with Gasteiger partial charge in [-0.15, -0.1) is 35.9 Å². The van der Waals surface area contributed by atoms with Crippen LogP contribution in [0.1, 0.15) is 38.1 Å². The Morgan fingerprint density at radius 1 is 1.11 bits per heavy atom. The molecule has 2 aliphatic rings. The highest BCUT2D eigenvalue weighted by molar-refractivity contribution is 8.16. The summed E-state index contributed by atoms with van der Waals surface area (Å²) in [6.07, 6.45) is 1.91. The fourth-order valence-electron chi connectivity index (χ4n) is 3.30. The topological polar surface area (TPSA) is 41.1 Å². The third-order valence-electron chi connectivity index (χ3n) is 4.73. The maximum absolute atomic E-state index is 14.7. The molecule has 144 valence electrons. The number of amides is 1. The Hall–Kier alpha value is -1.21. The summed E-state index contributed by atoms with van der Waals surface area (Å²) in [5, 5.41) is 5.96. The fraction of sp³-hybridized carbons (Fsp3) is 0.350. The molecule has 1 amide bonds. The number of thioether (sulfide) groups is 2. The quantitative estimate of drug-likeness (QED) is 0.726. The van der Waals surface area contributed by atoms with Gasteiger partial charge < -0.3 is 10.6 Å². The summed E-state index contributed by atoms with van der Waals surface area (Å²) in [5.74, 6) is 1.80. The summed E-state index contributed by atoms with van der Waals surface area (Å²) in [4.78, 5) is 12.5. The molecule has 27 heavy (non-hydrogen) atoms. The molecule has 2 aliphatic heterocycles. The Morgan fingerprint density at radius 3 is 2.59 bits per heavy atom. The normalized spacial score (nSPS) is 16.9. The third-order valence-corrected chi connectivity index (χ3v) is 7.74. The van der Waals surface area contributed by atoms with E-state index >= 15 is 0 Å². The van der Waals surface area contributed by atoms with E-state index in [9.17, 15) is 9.18 Å². The lowest BCUT2D eigenvalue weighted by molar-refractivity contribution is 0.102. The third kappa shape index (κ3) is 4.62. The lowest BCUT2D eigenvalue weighted by atomic mass is 9.99. The SMILES string of the molecule is Cl.O=C(Nc1ccc2c(c1F)CCNC2)c1ccc(C2SCCCS2)cc1. The largest absolute Gasteiger partial charge is 0.319 e. The van der Waals surface area contributed by atoms with E-state index < -0.39 is 0 Å². The molecule has 0 aromatic heterocycles. The Labute approximate surface area is 173 Å². The first kappa shape index (κ1) is 20.5. The Balaban J connectivity index is 0.00000210. The molecule has 0 radical (unpaired) electrons. The molecule has 2 heterocycles. The minimum Gasteiger partial charge on any atom is -0.319 e. The first-order valence-corrected chi connectivity index (χ1v) is 11.0. The number of hydrogen-bond donors (Lipinski definition) is 2. The van der Waals surface area contributed by atoms with Crippen LogP contribution in [-0.2, 0) is 13.0 Å². The van der Waals surface area contributed by atoms with Gasteiger partial charge in [0.1, 0.15) is 5.82 Å².